The van der Waals surface area contributed by atoms with Gasteiger partial charge in [-0.15, -0.1) is 0 Å². The van der Waals surface area contributed by atoms with Crippen LogP contribution in [0.25, 0.3) is 0 Å². The fraction of sp³-hybridized carbons (Fsp3) is 0.571. The molecular formula is C7H12N2O2S. The van der Waals surface area contributed by atoms with Crippen molar-refractivity contribution in [2.45, 2.75) is 6.61 Å². The molecule has 0 unspecified atom stereocenters. The van der Waals surface area contributed by atoms with E-state index >= 15 is 0 Å². The molecule has 1 N–H and O–H groups in total. The summed E-state index contributed by atoms with van der Waals surface area (Å²) in [5.41, 5.74) is 0. The van der Waals surface area contributed by atoms with Crippen molar-refractivity contribution < 1.29 is 9.84 Å². The minimum atomic E-state index is 0.00847. The number of thiazole rings is 1. The standard InChI is InChI=1S/C7H12N2O2S/c1-9(2)6-5(4-10)12-7(8-6)11-3/h10H,4H2,1-3H3. The summed E-state index contributed by atoms with van der Waals surface area (Å²) in [5.74, 6) is 0.777. The summed E-state index contributed by atoms with van der Waals surface area (Å²) in [6, 6.07) is 0. The number of aromatic nitrogens is 1. The molecule has 0 fully saturated rings. The molecule has 1 heterocycles. The highest BCUT2D eigenvalue weighted by Crippen LogP contribution is 2.29. The Balaban J connectivity index is 3.00. The highest BCUT2D eigenvalue weighted by Gasteiger charge is 2.11. The van der Waals surface area contributed by atoms with Crippen LogP contribution in [-0.2, 0) is 6.61 Å². The van der Waals surface area contributed by atoms with Crippen molar-refractivity contribution in [1.29, 1.82) is 0 Å². The van der Waals surface area contributed by atoms with Gasteiger partial charge in [0.25, 0.3) is 5.19 Å². The van der Waals surface area contributed by atoms with Crippen LogP contribution >= 0.6 is 11.3 Å². The van der Waals surface area contributed by atoms with Crippen molar-refractivity contribution in [3.63, 3.8) is 0 Å². The molecule has 68 valence electrons. The van der Waals surface area contributed by atoms with Gasteiger partial charge in [-0.25, -0.2) is 0 Å². The monoisotopic (exact) mass is 188 g/mol. The molecule has 0 radical (unpaired) electrons. The maximum absolute atomic E-state index is 8.96. The Morgan fingerprint density at radius 3 is 2.58 bits per heavy atom. The SMILES string of the molecule is COc1nc(N(C)C)c(CO)s1. The van der Waals surface area contributed by atoms with Gasteiger partial charge in [0.05, 0.1) is 18.6 Å². The molecule has 1 aromatic heterocycles. The van der Waals surface area contributed by atoms with Gasteiger partial charge in [-0.3, -0.25) is 0 Å². The predicted molar refractivity (Wildman–Crippen MR) is 48.9 cm³/mol. The van der Waals surface area contributed by atoms with E-state index in [1.165, 1.54) is 11.3 Å². The molecule has 0 aliphatic carbocycles. The molecule has 5 heteroatoms. The van der Waals surface area contributed by atoms with E-state index in [2.05, 4.69) is 4.98 Å². The number of hydrogen-bond acceptors (Lipinski definition) is 5. The van der Waals surface area contributed by atoms with Crippen molar-refractivity contribution in [2.75, 3.05) is 26.1 Å². The molecule has 1 rings (SSSR count). The zero-order chi connectivity index (χ0) is 9.14. The molecule has 0 aliphatic rings. The van der Waals surface area contributed by atoms with Gasteiger partial charge in [0, 0.05) is 14.1 Å². The molecule has 0 saturated heterocycles. The molecule has 0 atom stereocenters. The van der Waals surface area contributed by atoms with Gasteiger partial charge in [-0.05, 0) is 0 Å². The lowest BCUT2D eigenvalue weighted by molar-refractivity contribution is 0.285. The number of aliphatic hydroxyl groups excluding tert-OH is 1. The van der Waals surface area contributed by atoms with Crippen LogP contribution in [0.1, 0.15) is 4.88 Å². The predicted octanol–water partition coefficient (Wildman–Crippen LogP) is 0.710. The van der Waals surface area contributed by atoms with Crippen molar-refractivity contribution in [2.24, 2.45) is 0 Å². The van der Waals surface area contributed by atoms with E-state index in [1.807, 2.05) is 19.0 Å². The lowest BCUT2D eigenvalue weighted by Gasteiger charge is -2.08. The first kappa shape index (κ1) is 9.28. The smallest absolute Gasteiger partial charge is 0.275 e. The van der Waals surface area contributed by atoms with Crippen LogP contribution in [0, 0.1) is 0 Å². The number of methoxy groups -OCH3 is 1. The van der Waals surface area contributed by atoms with Gasteiger partial charge in [-0.2, -0.15) is 4.98 Å². The van der Waals surface area contributed by atoms with Crippen LogP contribution in [0.5, 0.6) is 5.19 Å². The molecule has 0 aliphatic heterocycles. The van der Waals surface area contributed by atoms with Gasteiger partial charge in [-0.1, -0.05) is 11.3 Å². The van der Waals surface area contributed by atoms with Crippen LogP contribution in [0.15, 0.2) is 0 Å². The van der Waals surface area contributed by atoms with E-state index in [4.69, 9.17) is 9.84 Å². The lowest BCUT2D eigenvalue weighted by atomic mass is 10.5. The number of nitrogens with zero attached hydrogens (tertiary/aromatic N) is 2. The Kier molecular flexibility index (Phi) is 2.88. The van der Waals surface area contributed by atoms with E-state index in [0.717, 1.165) is 10.7 Å². The maximum atomic E-state index is 8.96. The Bertz CT molecular complexity index is 260. The van der Waals surface area contributed by atoms with Crippen LogP contribution in [0.2, 0.25) is 0 Å². The van der Waals surface area contributed by atoms with Crippen LogP contribution in [0.3, 0.4) is 0 Å². The molecule has 0 amide bonds. The van der Waals surface area contributed by atoms with Crippen LogP contribution in [0.4, 0.5) is 5.82 Å². The van der Waals surface area contributed by atoms with Crippen LogP contribution in [-0.4, -0.2) is 31.3 Å². The number of ether oxygens (including phenoxy) is 1. The summed E-state index contributed by atoms with van der Waals surface area (Å²) in [7, 11) is 5.33. The average Bonchev–Trinajstić information content (AvgIpc) is 2.47. The molecule has 0 aromatic carbocycles. The van der Waals surface area contributed by atoms with Gasteiger partial charge in [0.1, 0.15) is 5.82 Å². The Morgan fingerprint density at radius 2 is 2.25 bits per heavy atom. The number of rotatable bonds is 3. The fourth-order valence-corrected chi connectivity index (χ4v) is 1.67. The second kappa shape index (κ2) is 3.73. The normalized spacial score (nSPS) is 10.0. The summed E-state index contributed by atoms with van der Waals surface area (Å²) in [4.78, 5) is 6.84. The summed E-state index contributed by atoms with van der Waals surface area (Å²) >= 11 is 1.36. The minimum absolute atomic E-state index is 0.00847. The van der Waals surface area contributed by atoms with Crippen molar-refractivity contribution >= 4 is 17.2 Å². The summed E-state index contributed by atoms with van der Waals surface area (Å²) in [6.07, 6.45) is 0. The number of anilines is 1. The quantitative estimate of drug-likeness (QED) is 0.758. The third kappa shape index (κ3) is 1.67. The zero-order valence-electron chi connectivity index (χ0n) is 7.37. The Morgan fingerprint density at radius 1 is 1.58 bits per heavy atom. The second-order valence-corrected chi connectivity index (χ2v) is 3.53. The second-order valence-electron chi connectivity index (χ2n) is 2.48. The first-order valence-electron chi connectivity index (χ1n) is 3.51. The zero-order valence-corrected chi connectivity index (χ0v) is 8.18. The van der Waals surface area contributed by atoms with E-state index in [1.54, 1.807) is 7.11 Å². The van der Waals surface area contributed by atoms with Gasteiger partial charge in [0.2, 0.25) is 0 Å². The molecule has 0 bridgehead atoms. The first-order chi connectivity index (χ1) is 5.69. The van der Waals surface area contributed by atoms with Crippen molar-refractivity contribution in [3.8, 4) is 5.19 Å². The van der Waals surface area contributed by atoms with Crippen LogP contribution < -0.4 is 9.64 Å². The third-order valence-electron chi connectivity index (χ3n) is 1.40. The fourth-order valence-electron chi connectivity index (χ4n) is 0.862. The van der Waals surface area contributed by atoms with E-state index in [9.17, 15) is 0 Å². The first-order valence-corrected chi connectivity index (χ1v) is 4.32. The van der Waals surface area contributed by atoms with Crippen molar-refractivity contribution in [1.82, 2.24) is 4.98 Å². The minimum Gasteiger partial charge on any atom is -0.473 e. The summed E-state index contributed by atoms with van der Waals surface area (Å²) < 4.78 is 4.96. The molecule has 0 spiro atoms. The van der Waals surface area contributed by atoms with Gasteiger partial charge < -0.3 is 14.7 Å². The molecule has 4 nitrogen and oxygen atoms in total. The summed E-state index contributed by atoms with van der Waals surface area (Å²) in [6.45, 7) is 0.00847. The number of aliphatic hydroxyl groups is 1. The van der Waals surface area contributed by atoms with E-state index in [0.29, 0.717) is 5.19 Å². The maximum Gasteiger partial charge on any atom is 0.275 e. The van der Waals surface area contributed by atoms with Gasteiger partial charge >= 0.3 is 0 Å². The Hall–Kier alpha value is -0.810. The lowest BCUT2D eigenvalue weighted by Crippen LogP contribution is -2.10. The van der Waals surface area contributed by atoms with E-state index in [-0.39, 0.29) is 6.61 Å². The summed E-state index contributed by atoms with van der Waals surface area (Å²) in [5, 5.41) is 9.55. The largest absolute Gasteiger partial charge is 0.473 e. The number of hydrogen-bond donors (Lipinski definition) is 1. The average molecular weight is 188 g/mol. The highest BCUT2D eigenvalue weighted by atomic mass is 32.1. The molecule has 1 aromatic rings. The topological polar surface area (TPSA) is 45.6 Å². The Labute approximate surface area is 75.4 Å². The van der Waals surface area contributed by atoms with Gasteiger partial charge in [0.15, 0.2) is 0 Å². The molecular weight excluding hydrogens is 176 g/mol. The highest BCUT2D eigenvalue weighted by molar-refractivity contribution is 7.13. The molecule has 0 saturated carbocycles. The van der Waals surface area contributed by atoms with E-state index < -0.39 is 0 Å². The third-order valence-corrected chi connectivity index (χ3v) is 2.39. The molecule has 12 heavy (non-hydrogen) atoms. The van der Waals surface area contributed by atoms with Crippen molar-refractivity contribution in [3.05, 3.63) is 4.88 Å².